The van der Waals surface area contributed by atoms with Crippen molar-refractivity contribution < 1.29 is 19.1 Å². The smallest absolute Gasteiger partial charge is 0.338 e. The van der Waals surface area contributed by atoms with E-state index in [9.17, 15) is 9.59 Å². The molecule has 0 heterocycles. The van der Waals surface area contributed by atoms with Crippen LogP contribution in [0.4, 0.5) is 5.69 Å². The first-order valence-corrected chi connectivity index (χ1v) is 8.73. The Hall–Kier alpha value is -2.82. The average molecular weight is 355 g/mol. The van der Waals surface area contributed by atoms with E-state index in [2.05, 4.69) is 5.32 Å². The van der Waals surface area contributed by atoms with E-state index in [0.29, 0.717) is 17.9 Å². The van der Waals surface area contributed by atoms with Crippen molar-refractivity contribution in [1.29, 1.82) is 0 Å². The van der Waals surface area contributed by atoms with Gasteiger partial charge in [0.1, 0.15) is 5.75 Å². The summed E-state index contributed by atoms with van der Waals surface area (Å²) in [5.41, 5.74) is 3.02. The highest BCUT2D eigenvalue weighted by atomic mass is 16.5. The molecule has 2 rings (SSSR count). The standard InChI is InChI=1S/C21H25NO4/c1-5-13-25-21(24)17-9-11-18(12-10-17)22-20(23)16(4)26-19-14(2)7-6-8-15(19)3/h6-12,16H,5,13H2,1-4H3,(H,22,23)/t16-/m0/s1. The highest BCUT2D eigenvalue weighted by Gasteiger charge is 2.17. The molecule has 0 unspecified atom stereocenters. The van der Waals surface area contributed by atoms with Crippen molar-refractivity contribution in [1.82, 2.24) is 0 Å². The van der Waals surface area contributed by atoms with Crippen molar-refractivity contribution in [2.45, 2.75) is 40.2 Å². The van der Waals surface area contributed by atoms with E-state index in [1.807, 2.05) is 39.0 Å². The largest absolute Gasteiger partial charge is 0.480 e. The van der Waals surface area contributed by atoms with Crippen molar-refractivity contribution in [2.75, 3.05) is 11.9 Å². The van der Waals surface area contributed by atoms with E-state index < -0.39 is 6.10 Å². The van der Waals surface area contributed by atoms with E-state index >= 15 is 0 Å². The quantitative estimate of drug-likeness (QED) is 0.753. The number of carbonyl (C=O) groups is 2. The number of benzene rings is 2. The molecular weight excluding hydrogens is 330 g/mol. The summed E-state index contributed by atoms with van der Waals surface area (Å²) in [7, 11) is 0. The minimum Gasteiger partial charge on any atom is -0.480 e. The molecule has 2 aromatic carbocycles. The van der Waals surface area contributed by atoms with E-state index in [4.69, 9.17) is 9.47 Å². The second-order valence-corrected chi connectivity index (χ2v) is 6.18. The van der Waals surface area contributed by atoms with Crippen LogP contribution in [0.1, 0.15) is 41.8 Å². The number of hydrogen-bond acceptors (Lipinski definition) is 4. The van der Waals surface area contributed by atoms with Crippen molar-refractivity contribution in [3.8, 4) is 5.75 Å². The molecule has 1 N–H and O–H groups in total. The molecule has 5 nitrogen and oxygen atoms in total. The molecule has 0 aliphatic carbocycles. The number of amides is 1. The van der Waals surface area contributed by atoms with Crippen LogP contribution in [0.5, 0.6) is 5.75 Å². The van der Waals surface area contributed by atoms with Crippen LogP contribution in [0.3, 0.4) is 0 Å². The molecule has 0 fully saturated rings. The first-order chi connectivity index (χ1) is 12.4. The zero-order valence-corrected chi connectivity index (χ0v) is 15.7. The highest BCUT2D eigenvalue weighted by Crippen LogP contribution is 2.24. The Morgan fingerprint density at radius 1 is 1.04 bits per heavy atom. The lowest BCUT2D eigenvalue weighted by atomic mass is 10.1. The molecule has 138 valence electrons. The number of esters is 1. The first-order valence-electron chi connectivity index (χ1n) is 8.73. The Labute approximate surface area is 154 Å². The van der Waals surface area contributed by atoms with Crippen LogP contribution in [-0.4, -0.2) is 24.6 Å². The summed E-state index contributed by atoms with van der Waals surface area (Å²) in [6.45, 7) is 7.93. The Bertz CT molecular complexity index is 748. The van der Waals surface area contributed by atoms with Crippen LogP contribution >= 0.6 is 0 Å². The number of carbonyl (C=O) groups excluding carboxylic acids is 2. The fourth-order valence-electron chi connectivity index (χ4n) is 2.43. The van der Waals surface area contributed by atoms with E-state index in [1.165, 1.54) is 0 Å². The highest BCUT2D eigenvalue weighted by molar-refractivity contribution is 5.95. The molecule has 0 spiro atoms. The SMILES string of the molecule is CCCOC(=O)c1ccc(NC(=O)[C@H](C)Oc2c(C)cccc2C)cc1. The van der Waals surface area contributed by atoms with Gasteiger partial charge in [0.15, 0.2) is 6.10 Å². The minimum atomic E-state index is -0.649. The van der Waals surface area contributed by atoms with Gasteiger partial charge in [-0.3, -0.25) is 4.79 Å². The summed E-state index contributed by atoms with van der Waals surface area (Å²) in [5.74, 6) is 0.106. The second kappa shape index (κ2) is 9.04. The number of nitrogens with one attached hydrogen (secondary N) is 1. The molecule has 0 saturated carbocycles. The average Bonchev–Trinajstić information content (AvgIpc) is 2.63. The van der Waals surface area contributed by atoms with Gasteiger partial charge in [-0.2, -0.15) is 0 Å². The summed E-state index contributed by atoms with van der Waals surface area (Å²) in [6.07, 6.45) is 0.127. The third-order valence-corrected chi connectivity index (χ3v) is 3.90. The van der Waals surface area contributed by atoms with Crippen molar-refractivity contribution in [3.63, 3.8) is 0 Å². The Morgan fingerprint density at radius 2 is 1.65 bits per heavy atom. The number of ether oxygens (including phenoxy) is 2. The monoisotopic (exact) mass is 355 g/mol. The number of anilines is 1. The maximum Gasteiger partial charge on any atom is 0.338 e. The third-order valence-electron chi connectivity index (χ3n) is 3.90. The number of hydrogen-bond donors (Lipinski definition) is 1. The molecule has 0 aromatic heterocycles. The summed E-state index contributed by atoms with van der Waals surface area (Å²) in [4.78, 5) is 24.2. The molecule has 2 aromatic rings. The van der Waals surface area contributed by atoms with E-state index in [-0.39, 0.29) is 11.9 Å². The summed E-state index contributed by atoms with van der Waals surface area (Å²) < 4.78 is 10.9. The Kier molecular flexibility index (Phi) is 6.78. The van der Waals surface area contributed by atoms with Gasteiger partial charge < -0.3 is 14.8 Å². The molecule has 0 aliphatic rings. The van der Waals surface area contributed by atoms with Crippen molar-refractivity contribution >= 4 is 17.6 Å². The molecule has 1 atom stereocenters. The summed E-state index contributed by atoms with van der Waals surface area (Å²) in [5, 5.41) is 2.79. The maximum atomic E-state index is 12.4. The van der Waals surface area contributed by atoms with Crippen LogP contribution < -0.4 is 10.1 Å². The maximum absolute atomic E-state index is 12.4. The molecule has 0 bridgehead atoms. The lowest BCUT2D eigenvalue weighted by Crippen LogP contribution is -2.30. The Balaban J connectivity index is 1.97. The van der Waals surface area contributed by atoms with Gasteiger partial charge in [0.05, 0.1) is 12.2 Å². The number of rotatable bonds is 7. The first kappa shape index (κ1) is 19.5. The fourth-order valence-corrected chi connectivity index (χ4v) is 2.43. The number of aryl methyl sites for hydroxylation is 2. The molecule has 1 amide bonds. The minimum absolute atomic E-state index is 0.256. The van der Waals surface area contributed by atoms with Gasteiger partial charge in [-0.1, -0.05) is 25.1 Å². The van der Waals surface area contributed by atoms with Gasteiger partial charge in [0.2, 0.25) is 0 Å². The zero-order valence-electron chi connectivity index (χ0n) is 15.7. The van der Waals surface area contributed by atoms with Gasteiger partial charge in [-0.05, 0) is 62.6 Å². The molecule has 5 heteroatoms. The van der Waals surface area contributed by atoms with Gasteiger partial charge in [-0.25, -0.2) is 4.79 Å². The predicted octanol–water partition coefficient (Wildman–Crippen LogP) is 4.28. The molecule has 0 saturated heterocycles. The van der Waals surface area contributed by atoms with Gasteiger partial charge in [0, 0.05) is 5.69 Å². The molecular formula is C21H25NO4. The lowest BCUT2D eigenvalue weighted by molar-refractivity contribution is -0.122. The van der Waals surface area contributed by atoms with Gasteiger partial charge in [-0.15, -0.1) is 0 Å². The van der Waals surface area contributed by atoms with Crippen LogP contribution in [0.25, 0.3) is 0 Å². The molecule has 26 heavy (non-hydrogen) atoms. The van der Waals surface area contributed by atoms with E-state index in [0.717, 1.165) is 23.3 Å². The topological polar surface area (TPSA) is 64.6 Å². The van der Waals surface area contributed by atoms with Crippen LogP contribution in [0.2, 0.25) is 0 Å². The predicted molar refractivity (Wildman–Crippen MR) is 102 cm³/mol. The Morgan fingerprint density at radius 3 is 2.23 bits per heavy atom. The second-order valence-electron chi connectivity index (χ2n) is 6.18. The summed E-state index contributed by atoms with van der Waals surface area (Å²) in [6, 6.07) is 12.5. The van der Waals surface area contributed by atoms with Gasteiger partial charge in [0.25, 0.3) is 5.91 Å². The molecule has 0 aliphatic heterocycles. The van der Waals surface area contributed by atoms with Crippen LogP contribution in [-0.2, 0) is 9.53 Å². The summed E-state index contributed by atoms with van der Waals surface area (Å²) >= 11 is 0. The molecule has 0 radical (unpaired) electrons. The number of para-hydroxylation sites is 1. The van der Waals surface area contributed by atoms with Crippen LogP contribution in [0.15, 0.2) is 42.5 Å². The van der Waals surface area contributed by atoms with Crippen molar-refractivity contribution in [3.05, 3.63) is 59.2 Å². The van der Waals surface area contributed by atoms with Crippen molar-refractivity contribution in [2.24, 2.45) is 0 Å². The van der Waals surface area contributed by atoms with Crippen LogP contribution in [0, 0.1) is 13.8 Å². The fraction of sp³-hybridized carbons (Fsp3) is 0.333. The normalized spacial score (nSPS) is 11.5. The third kappa shape index (κ3) is 5.09. The zero-order chi connectivity index (χ0) is 19.1. The van der Waals surface area contributed by atoms with E-state index in [1.54, 1.807) is 31.2 Å². The lowest BCUT2D eigenvalue weighted by Gasteiger charge is -2.18. The van der Waals surface area contributed by atoms with Gasteiger partial charge >= 0.3 is 5.97 Å².